The van der Waals surface area contributed by atoms with Crippen LogP contribution in [0.25, 0.3) is 0 Å². The van der Waals surface area contributed by atoms with Gasteiger partial charge in [-0.25, -0.2) is 0 Å². The summed E-state index contributed by atoms with van der Waals surface area (Å²) in [6.45, 7) is 2.04. The molecule has 2 nitrogen and oxygen atoms in total. The zero-order valence-electron chi connectivity index (χ0n) is 6.14. The Balaban J connectivity index is 0. The maximum absolute atomic E-state index is 9.76. The van der Waals surface area contributed by atoms with Gasteiger partial charge in [0.15, 0.2) is 0 Å². The third-order valence-corrected chi connectivity index (χ3v) is 0.984. The van der Waals surface area contributed by atoms with Crippen LogP contribution in [0.3, 0.4) is 0 Å². The zero-order valence-corrected chi connectivity index (χ0v) is 8.14. The van der Waals surface area contributed by atoms with Crippen LogP contribution >= 0.6 is 0 Å². The molecule has 3 heteroatoms. The first-order chi connectivity index (χ1) is 3.77. The molecule has 0 aliphatic heterocycles. The second-order valence-corrected chi connectivity index (χ2v) is 1.83. The van der Waals surface area contributed by atoms with Crippen LogP contribution in [0, 0.1) is 0 Å². The molecule has 0 atom stereocenters. The summed E-state index contributed by atoms with van der Waals surface area (Å²) in [7, 11) is 0. The summed E-state index contributed by atoms with van der Waals surface area (Å²) in [5, 5.41) is 9.76. The van der Waals surface area contributed by atoms with Crippen molar-refractivity contribution < 1.29 is 39.5 Å². The van der Waals surface area contributed by atoms with E-state index in [1.54, 1.807) is 0 Å². The molecular formula is C6H11NaO2. The van der Waals surface area contributed by atoms with E-state index >= 15 is 0 Å². The van der Waals surface area contributed by atoms with Crippen LogP contribution in [0.5, 0.6) is 0 Å². The molecule has 9 heavy (non-hydrogen) atoms. The van der Waals surface area contributed by atoms with Crippen molar-refractivity contribution in [3.05, 3.63) is 0 Å². The fourth-order valence-electron chi connectivity index (χ4n) is 0.519. The van der Waals surface area contributed by atoms with Gasteiger partial charge in [-0.1, -0.05) is 19.8 Å². The molecule has 0 aliphatic rings. The Bertz CT molecular complexity index is 73.5. The van der Waals surface area contributed by atoms with E-state index in [2.05, 4.69) is 0 Å². The summed E-state index contributed by atoms with van der Waals surface area (Å²) in [4.78, 5) is 9.76. The van der Waals surface area contributed by atoms with Crippen LogP contribution in [0.4, 0.5) is 0 Å². The number of unbranched alkanes of at least 4 members (excludes halogenated alkanes) is 2. The molecular weight excluding hydrogens is 128 g/mol. The van der Waals surface area contributed by atoms with Crippen molar-refractivity contribution in [3.63, 3.8) is 0 Å². The van der Waals surface area contributed by atoms with Gasteiger partial charge in [-0.05, 0) is 12.8 Å². The molecule has 0 aromatic rings. The van der Waals surface area contributed by atoms with E-state index in [0.717, 1.165) is 19.3 Å². The van der Waals surface area contributed by atoms with E-state index in [1.165, 1.54) is 0 Å². The fourth-order valence-corrected chi connectivity index (χ4v) is 0.519. The third kappa shape index (κ3) is 11.8. The second-order valence-electron chi connectivity index (χ2n) is 1.83. The van der Waals surface area contributed by atoms with Gasteiger partial charge in [-0.2, -0.15) is 0 Å². The van der Waals surface area contributed by atoms with Gasteiger partial charge >= 0.3 is 29.6 Å². The van der Waals surface area contributed by atoms with Gasteiger partial charge in [-0.3, -0.25) is 0 Å². The number of carboxylic acid groups (broad SMARTS) is 1. The average molecular weight is 139 g/mol. The van der Waals surface area contributed by atoms with Crippen molar-refractivity contribution in [2.45, 2.75) is 32.6 Å². The minimum absolute atomic E-state index is 0. The number of carbonyl (C=O) groups excluding carboxylic acids is 1. The fraction of sp³-hybridized carbons (Fsp3) is 0.833. The van der Waals surface area contributed by atoms with Gasteiger partial charge in [0.25, 0.3) is 0 Å². The topological polar surface area (TPSA) is 40.1 Å². The molecule has 0 rings (SSSR count). The number of aliphatic carboxylic acids is 1. The first kappa shape index (κ1) is 12.2. The number of hydrogen-bond donors (Lipinski definition) is 0. The quantitative estimate of drug-likeness (QED) is 0.242. The number of rotatable bonds is 4. The van der Waals surface area contributed by atoms with Crippen molar-refractivity contribution in [2.75, 3.05) is 0 Å². The Hall–Kier alpha value is 0.470. The maximum atomic E-state index is 9.76. The molecule has 0 aromatic carbocycles. The minimum Gasteiger partial charge on any atom is -0.550 e. The van der Waals surface area contributed by atoms with Gasteiger partial charge in [-0.15, -0.1) is 0 Å². The molecule has 0 saturated carbocycles. The van der Waals surface area contributed by atoms with Gasteiger partial charge in [0, 0.05) is 5.97 Å². The Labute approximate surface area is 77.9 Å². The number of carboxylic acids is 1. The first-order valence-electron chi connectivity index (χ1n) is 2.97. The smallest absolute Gasteiger partial charge is 0.550 e. The van der Waals surface area contributed by atoms with Gasteiger partial charge in [0.1, 0.15) is 0 Å². The summed E-state index contributed by atoms with van der Waals surface area (Å²) in [6, 6.07) is 0. The van der Waals surface area contributed by atoms with Crippen LogP contribution in [0.15, 0.2) is 0 Å². The van der Waals surface area contributed by atoms with Gasteiger partial charge in [0.2, 0.25) is 0 Å². The molecule has 0 fully saturated rings. The van der Waals surface area contributed by atoms with Crippen molar-refractivity contribution in [2.24, 2.45) is 0 Å². The largest absolute Gasteiger partial charge is 1.00 e. The Morgan fingerprint density at radius 2 is 2.00 bits per heavy atom. The van der Waals surface area contributed by atoms with Crippen LogP contribution < -0.4 is 34.7 Å². The Kier molecular flexibility index (Phi) is 11.5. The van der Waals surface area contributed by atoms with E-state index in [0.29, 0.717) is 0 Å². The van der Waals surface area contributed by atoms with E-state index in [9.17, 15) is 9.90 Å². The number of hydrogen-bond acceptors (Lipinski definition) is 2. The second kappa shape index (κ2) is 8.47. The molecule has 0 heterocycles. The van der Waals surface area contributed by atoms with Crippen LogP contribution in [-0.4, -0.2) is 5.97 Å². The normalized spacial score (nSPS) is 8.11. The molecule has 48 valence electrons. The number of carbonyl (C=O) groups is 1. The third-order valence-electron chi connectivity index (χ3n) is 0.984. The van der Waals surface area contributed by atoms with E-state index < -0.39 is 5.97 Å². The summed E-state index contributed by atoms with van der Waals surface area (Å²) >= 11 is 0. The SMILES string of the molecule is CCCCC[13C](=O)[O-].[Na+]. The van der Waals surface area contributed by atoms with Crippen molar-refractivity contribution >= 4 is 5.97 Å². The van der Waals surface area contributed by atoms with E-state index in [1.807, 2.05) is 6.92 Å². The maximum Gasteiger partial charge on any atom is 1.00 e. The van der Waals surface area contributed by atoms with Crippen molar-refractivity contribution in [1.82, 2.24) is 0 Å². The average Bonchev–Trinajstić information content (AvgIpc) is 1.66. The molecule has 0 saturated heterocycles. The molecule has 0 bridgehead atoms. The summed E-state index contributed by atoms with van der Waals surface area (Å²) < 4.78 is 0. The first-order valence-corrected chi connectivity index (χ1v) is 2.97. The Morgan fingerprint density at radius 1 is 1.44 bits per heavy atom. The minimum atomic E-state index is -0.932. The van der Waals surface area contributed by atoms with Crippen molar-refractivity contribution in [1.29, 1.82) is 0 Å². The molecule has 0 amide bonds. The predicted molar refractivity (Wildman–Crippen MR) is 29.1 cm³/mol. The van der Waals surface area contributed by atoms with E-state index in [4.69, 9.17) is 0 Å². The predicted octanol–water partition coefficient (Wildman–Crippen LogP) is -2.68. The van der Waals surface area contributed by atoms with Crippen LogP contribution in [0.2, 0.25) is 0 Å². The molecule has 0 unspecified atom stereocenters. The standard InChI is InChI=1S/C6H12O2.Na/c1-2-3-4-5-6(7)8;/h2-5H2,1H3,(H,7,8);/q;+1/p-1/i6+1;. The van der Waals surface area contributed by atoms with Crippen LogP contribution in [-0.2, 0) is 4.79 Å². The molecule has 0 aliphatic carbocycles. The van der Waals surface area contributed by atoms with Gasteiger partial charge < -0.3 is 9.90 Å². The molecule has 0 spiro atoms. The van der Waals surface area contributed by atoms with Crippen LogP contribution in [0.1, 0.15) is 32.6 Å². The van der Waals surface area contributed by atoms with Crippen molar-refractivity contribution in [3.8, 4) is 0 Å². The Morgan fingerprint density at radius 3 is 2.33 bits per heavy atom. The van der Waals surface area contributed by atoms with E-state index in [-0.39, 0.29) is 36.0 Å². The zero-order chi connectivity index (χ0) is 6.41. The molecule has 0 radical (unpaired) electrons. The molecule has 0 N–H and O–H groups in total. The summed E-state index contributed by atoms with van der Waals surface area (Å²) in [5.74, 6) is -0.932. The molecule has 0 aromatic heterocycles. The summed E-state index contributed by atoms with van der Waals surface area (Å²) in [5.41, 5.74) is 0. The summed E-state index contributed by atoms with van der Waals surface area (Å²) in [6.07, 6.45) is 3.04. The monoisotopic (exact) mass is 139 g/mol. The van der Waals surface area contributed by atoms with Gasteiger partial charge in [0.05, 0.1) is 0 Å².